The van der Waals surface area contributed by atoms with Crippen LogP contribution in [0.4, 0.5) is 0 Å². The van der Waals surface area contributed by atoms with Gasteiger partial charge in [-0.15, -0.1) is 0 Å². The lowest BCUT2D eigenvalue weighted by Gasteiger charge is -2.15. The van der Waals surface area contributed by atoms with E-state index in [1.807, 2.05) is 12.1 Å². The lowest BCUT2D eigenvalue weighted by Crippen LogP contribution is -2.21. The van der Waals surface area contributed by atoms with Crippen LogP contribution in [0.1, 0.15) is 21.5 Å². The molecule has 0 heterocycles. The van der Waals surface area contributed by atoms with Gasteiger partial charge in [-0.3, -0.25) is 14.4 Å². The molecule has 3 heteroatoms. The Morgan fingerprint density at radius 1 is 1.00 bits per heavy atom. The highest BCUT2D eigenvalue weighted by atomic mass is 16.2. The molecule has 0 atom stereocenters. The van der Waals surface area contributed by atoms with E-state index in [-0.39, 0.29) is 0 Å². The molecule has 0 unspecified atom stereocenters. The zero-order chi connectivity index (χ0) is 12.0. The van der Waals surface area contributed by atoms with E-state index in [0.29, 0.717) is 11.1 Å². The van der Waals surface area contributed by atoms with Crippen LogP contribution >= 0.6 is 0 Å². The molecule has 0 radical (unpaired) electrons. The molecule has 0 bridgehead atoms. The minimum Gasteiger partial charge on any atom is -0.285 e. The van der Waals surface area contributed by atoms with Crippen molar-refractivity contribution in [2.45, 2.75) is 6.42 Å². The van der Waals surface area contributed by atoms with Crippen LogP contribution in [-0.2, 0) is 16.0 Å². The van der Waals surface area contributed by atoms with Crippen LogP contribution in [0, 0.1) is 0 Å². The first-order chi connectivity index (χ1) is 8.18. The van der Waals surface area contributed by atoms with Crippen molar-refractivity contribution in [3.8, 4) is 0 Å². The molecule has 0 saturated carbocycles. The van der Waals surface area contributed by atoms with Gasteiger partial charge in [-0.05, 0) is 29.2 Å². The molecule has 0 N–H and O–H groups in total. The molecule has 1 aromatic carbocycles. The van der Waals surface area contributed by atoms with Crippen LogP contribution in [0.3, 0.4) is 0 Å². The van der Waals surface area contributed by atoms with Crippen LogP contribution in [0.25, 0.3) is 5.57 Å². The van der Waals surface area contributed by atoms with Gasteiger partial charge in [0, 0.05) is 5.56 Å². The van der Waals surface area contributed by atoms with E-state index in [4.69, 9.17) is 0 Å². The minimum atomic E-state index is -0.950. The van der Waals surface area contributed by atoms with E-state index >= 15 is 0 Å². The summed E-state index contributed by atoms with van der Waals surface area (Å²) < 4.78 is 0. The summed E-state index contributed by atoms with van der Waals surface area (Å²) in [4.78, 5) is 34.9. The number of rotatable bonds is 0. The van der Waals surface area contributed by atoms with Crippen LogP contribution in [0.5, 0.6) is 0 Å². The van der Waals surface area contributed by atoms with Crippen molar-refractivity contribution in [3.05, 3.63) is 53.1 Å². The zero-order valence-corrected chi connectivity index (χ0v) is 8.90. The van der Waals surface area contributed by atoms with E-state index in [0.717, 1.165) is 17.5 Å². The molecule has 0 fully saturated rings. The Morgan fingerprint density at radius 3 is 2.65 bits per heavy atom. The topological polar surface area (TPSA) is 51.2 Å². The van der Waals surface area contributed by atoms with E-state index < -0.39 is 17.3 Å². The normalized spacial score (nSPS) is 17.6. The van der Waals surface area contributed by atoms with Crippen LogP contribution in [0.2, 0.25) is 0 Å². The molecule has 0 saturated heterocycles. The zero-order valence-electron chi connectivity index (χ0n) is 8.90. The largest absolute Gasteiger partial charge is 0.285 e. The Balaban J connectivity index is 2.39. The molecule has 0 amide bonds. The molecular weight excluding hydrogens is 216 g/mol. The fourth-order valence-electron chi connectivity index (χ4n) is 2.26. The van der Waals surface area contributed by atoms with Gasteiger partial charge in [0.15, 0.2) is 0 Å². The Morgan fingerprint density at radius 2 is 1.82 bits per heavy atom. The third-order valence-electron chi connectivity index (χ3n) is 3.04. The average Bonchev–Trinajstić information content (AvgIpc) is 2.44. The number of ketones is 3. The first kappa shape index (κ1) is 9.90. The first-order valence-electron chi connectivity index (χ1n) is 5.32. The second kappa shape index (κ2) is 3.35. The molecule has 0 spiro atoms. The lowest BCUT2D eigenvalue weighted by atomic mass is 9.88. The fraction of sp³-hybridized carbons (Fsp3) is 0.0714. The van der Waals surface area contributed by atoms with Gasteiger partial charge in [-0.1, -0.05) is 30.4 Å². The van der Waals surface area contributed by atoms with Gasteiger partial charge in [0.05, 0.1) is 0 Å². The maximum Gasteiger partial charge on any atom is 0.273 e. The van der Waals surface area contributed by atoms with Crippen LogP contribution < -0.4 is 0 Å². The Labute approximate surface area is 97.4 Å². The van der Waals surface area contributed by atoms with Crippen molar-refractivity contribution in [2.24, 2.45) is 0 Å². The van der Waals surface area contributed by atoms with Crippen molar-refractivity contribution < 1.29 is 14.4 Å². The monoisotopic (exact) mass is 224 g/mol. The number of carbonyl (C=O) groups excluding carboxylic acids is 3. The third-order valence-corrected chi connectivity index (χ3v) is 3.04. The molecule has 3 rings (SSSR count). The summed E-state index contributed by atoms with van der Waals surface area (Å²) in [5, 5.41) is 0. The smallest absolute Gasteiger partial charge is 0.273 e. The predicted octanol–water partition coefficient (Wildman–Crippen LogP) is 1.52. The number of carbonyl (C=O) groups is 3. The van der Waals surface area contributed by atoms with Gasteiger partial charge < -0.3 is 0 Å². The van der Waals surface area contributed by atoms with Crippen molar-refractivity contribution in [1.82, 2.24) is 0 Å². The van der Waals surface area contributed by atoms with Crippen molar-refractivity contribution >= 4 is 22.9 Å². The molecule has 82 valence electrons. The molecule has 0 aliphatic heterocycles. The standard InChI is InChI=1S/C14H8O3/c15-11-7-9-5-1-3-8-4-2-6-10(12(8)9)13(16)14(11)17/h1-2,4-7H,3H2. The number of allylic oxidation sites excluding steroid dienone is 4. The van der Waals surface area contributed by atoms with Crippen molar-refractivity contribution in [1.29, 1.82) is 0 Å². The van der Waals surface area contributed by atoms with Gasteiger partial charge in [-0.25, -0.2) is 0 Å². The van der Waals surface area contributed by atoms with Crippen molar-refractivity contribution in [2.75, 3.05) is 0 Å². The fourth-order valence-corrected chi connectivity index (χ4v) is 2.26. The summed E-state index contributed by atoms with van der Waals surface area (Å²) >= 11 is 0. The van der Waals surface area contributed by atoms with Crippen LogP contribution in [0.15, 0.2) is 36.4 Å². The summed E-state index contributed by atoms with van der Waals surface area (Å²) in [5.41, 5.74) is 2.71. The summed E-state index contributed by atoms with van der Waals surface area (Å²) in [5.74, 6) is -2.39. The Kier molecular flexibility index (Phi) is 1.95. The highest BCUT2D eigenvalue weighted by Crippen LogP contribution is 2.31. The minimum absolute atomic E-state index is 0.342. The Bertz CT molecular complexity index is 633. The van der Waals surface area contributed by atoms with Gasteiger partial charge in [0.25, 0.3) is 5.78 Å². The third kappa shape index (κ3) is 1.32. The van der Waals surface area contributed by atoms with Gasteiger partial charge in [0.1, 0.15) is 0 Å². The van der Waals surface area contributed by atoms with E-state index in [9.17, 15) is 14.4 Å². The number of hydrogen-bond acceptors (Lipinski definition) is 3. The number of Topliss-reactive ketones (excluding diaryl/α,β-unsaturated/α-hetero) is 2. The molecule has 3 nitrogen and oxygen atoms in total. The van der Waals surface area contributed by atoms with Gasteiger partial charge in [-0.2, -0.15) is 0 Å². The van der Waals surface area contributed by atoms with E-state index in [1.54, 1.807) is 18.2 Å². The van der Waals surface area contributed by atoms with Crippen LogP contribution in [-0.4, -0.2) is 17.3 Å². The van der Waals surface area contributed by atoms with E-state index in [2.05, 4.69) is 0 Å². The summed E-state index contributed by atoms with van der Waals surface area (Å²) in [6, 6.07) is 5.25. The lowest BCUT2D eigenvalue weighted by molar-refractivity contribution is -0.130. The van der Waals surface area contributed by atoms with E-state index in [1.165, 1.54) is 6.08 Å². The first-order valence-corrected chi connectivity index (χ1v) is 5.32. The second-order valence-electron chi connectivity index (χ2n) is 4.07. The average molecular weight is 224 g/mol. The number of benzene rings is 1. The summed E-state index contributed by atoms with van der Waals surface area (Å²) in [6.45, 7) is 0. The molecular formula is C14H8O3. The Hall–Kier alpha value is -2.29. The second-order valence-corrected chi connectivity index (χ2v) is 4.07. The van der Waals surface area contributed by atoms with Crippen molar-refractivity contribution in [3.63, 3.8) is 0 Å². The molecule has 17 heavy (non-hydrogen) atoms. The summed E-state index contributed by atoms with van der Waals surface area (Å²) in [6.07, 6.45) is 5.68. The molecule has 2 aliphatic carbocycles. The maximum atomic E-state index is 11.9. The highest BCUT2D eigenvalue weighted by Gasteiger charge is 2.30. The quantitative estimate of drug-likeness (QED) is 0.628. The summed E-state index contributed by atoms with van der Waals surface area (Å²) in [7, 11) is 0. The predicted molar refractivity (Wildman–Crippen MR) is 61.6 cm³/mol. The maximum absolute atomic E-state index is 11.9. The van der Waals surface area contributed by atoms with Gasteiger partial charge in [0.2, 0.25) is 11.6 Å². The van der Waals surface area contributed by atoms with Gasteiger partial charge >= 0.3 is 0 Å². The molecule has 2 aliphatic rings. The number of hydrogen-bond donors (Lipinski definition) is 0. The molecule has 1 aromatic rings. The molecule has 0 aromatic heterocycles. The highest BCUT2D eigenvalue weighted by molar-refractivity contribution is 6.70. The SMILES string of the molecule is O=C1C=C2C=CCc3cccc(c32)C(=O)C1=O.